The fourth-order valence-corrected chi connectivity index (χ4v) is 3.44. The molecule has 0 aliphatic carbocycles. The highest BCUT2D eigenvalue weighted by Crippen LogP contribution is 2.24. The van der Waals surface area contributed by atoms with Crippen LogP contribution in [0, 0.1) is 6.92 Å². The second kappa shape index (κ2) is 11.8. The third-order valence-electron chi connectivity index (χ3n) is 5.24. The minimum atomic E-state index is -0.142. The molecular weight excluding hydrogens is 416 g/mol. The summed E-state index contributed by atoms with van der Waals surface area (Å²) in [5.41, 5.74) is 4.26. The minimum Gasteiger partial charge on any atom is -0.497 e. The molecule has 0 aromatic heterocycles. The summed E-state index contributed by atoms with van der Waals surface area (Å²) in [4.78, 5) is 27.6. The predicted molar refractivity (Wildman–Crippen MR) is 130 cm³/mol. The molecule has 172 valence electrons. The Labute approximate surface area is 195 Å². The van der Waals surface area contributed by atoms with Crippen molar-refractivity contribution in [3.8, 4) is 5.75 Å². The lowest BCUT2D eigenvalue weighted by atomic mass is 10.1. The fraction of sp³-hybridized carbons (Fsp3) is 0.259. The van der Waals surface area contributed by atoms with Gasteiger partial charge in [-0.25, -0.2) is 0 Å². The number of aryl methyl sites for hydroxylation is 1. The third-order valence-corrected chi connectivity index (χ3v) is 5.24. The Morgan fingerprint density at radius 3 is 2.39 bits per heavy atom. The largest absolute Gasteiger partial charge is 0.497 e. The number of carbonyl (C=O) groups is 2. The average Bonchev–Trinajstić information content (AvgIpc) is 2.83. The predicted octanol–water partition coefficient (Wildman–Crippen LogP) is 4.16. The normalized spacial score (nSPS) is 10.5. The lowest BCUT2D eigenvalue weighted by molar-refractivity contribution is -0.120. The molecule has 0 spiro atoms. The van der Waals surface area contributed by atoms with Gasteiger partial charge in [0, 0.05) is 24.9 Å². The summed E-state index contributed by atoms with van der Waals surface area (Å²) in [6.45, 7) is 3.36. The van der Waals surface area contributed by atoms with Crippen LogP contribution in [0.4, 0.5) is 5.69 Å². The van der Waals surface area contributed by atoms with Crippen LogP contribution in [0.15, 0.2) is 72.8 Å². The van der Waals surface area contributed by atoms with Crippen molar-refractivity contribution < 1.29 is 19.1 Å². The van der Waals surface area contributed by atoms with Crippen molar-refractivity contribution in [2.45, 2.75) is 19.9 Å². The maximum atomic E-state index is 13.6. The van der Waals surface area contributed by atoms with Crippen LogP contribution >= 0.6 is 0 Å². The van der Waals surface area contributed by atoms with Gasteiger partial charge >= 0.3 is 0 Å². The maximum Gasteiger partial charge on any atom is 0.258 e. The van der Waals surface area contributed by atoms with Crippen LogP contribution < -0.4 is 15.0 Å². The summed E-state index contributed by atoms with van der Waals surface area (Å²) in [5, 5.41) is 2.83. The van der Waals surface area contributed by atoms with E-state index in [2.05, 4.69) is 5.32 Å². The van der Waals surface area contributed by atoms with Gasteiger partial charge in [-0.15, -0.1) is 0 Å². The minimum absolute atomic E-state index is 0.0894. The van der Waals surface area contributed by atoms with E-state index in [0.29, 0.717) is 31.0 Å². The molecule has 3 rings (SSSR count). The zero-order valence-electron chi connectivity index (χ0n) is 19.3. The van der Waals surface area contributed by atoms with Crippen molar-refractivity contribution in [2.24, 2.45) is 0 Å². The number of nitrogens with one attached hydrogen (secondary N) is 1. The smallest absolute Gasteiger partial charge is 0.258 e. The first kappa shape index (κ1) is 24.0. The van der Waals surface area contributed by atoms with E-state index in [1.807, 2.05) is 61.5 Å². The molecule has 0 saturated heterocycles. The molecule has 0 radical (unpaired) electrons. The monoisotopic (exact) mass is 446 g/mol. The summed E-state index contributed by atoms with van der Waals surface area (Å²) in [7, 11) is 3.17. The van der Waals surface area contributed by atoms with E-state index in [9.17, 15) is 9.59 Å². The van der Waals surface area contributed by atoms with Crippen molar-refractivity contribution in [1.82, 2.24) is 5.32 Å². The summed E-state index contributed by atoms with van der Waals surface area (Å²) in [6.07, 6.45) is 0.225. The molecular formula is C27H30N2O4. The van der Waals surface area contributed by atoms with Gasteiger partial charge in [-0.05, 0) is 48.4 Å². The van der Waals surface area contributed by atoms with Gasteiger partial charge in [-0.2, -0.15) is 0 Å². The number of hydrogen-bond acceptors (Lipinski definition) is 4. The first-order valence-electron chi connectivity index (χ1n) is 10.9. The van der Waals surface area contributed by atoms with Crippen LogP contribution in [0.2, 0.25) is 0 Å². The molecule has 0 aliphatic heterocycles. The lowest BCUT2D eigenvalue weighted by Crippen LogP contribution is -2.31. The van der Waals surface area contributed by atoms with Gasteiger partial charge in [0.2, 0.25) is 5.91 Å². The van der Waals surface area contributed by atoms with Crippen LogP contribution in [0.1, 0.15) is 27.0 Å². The Hall–Kier alpha value is -3.64. The molecule has 0 unspecified atom stereocenters. The number of hydrogen-bond donors (Lipinski definition) is 1. The Kier molecular flexibility index (Phi) is 8.61. The first-order valence-corrected chi connectivity index (χ1v) is 10.9. The SMILES string of the molecule is COCCNC(=O)Cc1cccc(N(Cc2ccc(C)cc2)C(=O)c2cccc(OC)c2)c1. The molecule has 6 heteroatoms. The van der Waals surface area contributed by atoms with Crippen molar-refractivity contribution in [3.63, 3.8) is 0 Å². The Morgan fingerprint density at radius 2 is 1.67 bits per heavy atom. The van der Waals surface area contributed by atoms with E-state index < -0.39 is 0 Å². The second-order valence-corrected chi connectivity index (χ2v) is 7.80. The number of rotatable bonds is 10. The first-order chi connectivity index (χ1) is 16.0. The van der Waals surface area contributed by atoms with Crippen molar-refractivity contribution >= 4 is 17.5 Å². The molecule has 0 aliphatic rings. The number of carbonyl (C=O) groups excluding carboxylic acids is 2. The summed E-state index contributed by atoms with van der Waals surface area (Å²) >= 11 is 0. The molecule has 3 aromatic carbocycles. The Balaban J connectivity index is 1.89. The van der Waals surface area contributed by atoms with Crippen molar-refractivity contribution in [3.05, 3.63) is 95.1 Å². The van der Waals surface area contributed by atoms with Gasteiger partial charge in [0.1, 0.15) is 5.75 Å². The van der Waals surface area contributed by atoms with E-state index in [4.69, 9.17) is 9.47 Å². The zero-order chi connectivity index (χ0) is 23.6. The molecule has 0 fully saturated rings. The Bertz CT molecular complexity index is 1080. The van der Waals surface area contributed by atoms with Gasteiger partial charge in [-0.1, -0.05) is 48.0 Å². The molecule has 0 heterocycles. The van der Waals surface area contributed by atoms with Gasteiger partial charge < -0.3 is 19.7 Å². The maximum absolute atomic E-state index is 13.6. The number of methoxy groups -OCH3 is 2. The highest BCUT2D eigenvalue weighted by atomic mass is 16.5. The molecule has 0 atom stereocenters. The van der Waals surface area contributed by atoms with E-state index in [1.165, 1.54) is 0 Å². The fourth-order valence-electron chi connectivity index (χ4n) is 3.44. The standard InChI is InChI=1S/C27H30N2O4/c1-20-10-12-21(13-11-20)19-29(27(31)23-7-5-9-25(18-23)33-3)24-8-4-6-22(16-24)17-26(30)28-14-15-32-2/h4-13,16,18H,14-15,17,19H2,1-3H3,(H,28,30). The van der Waals surface area contributed by atoms with Gasteiger partial charge in [0.25, 0.3) is 5.91 Å². The van der Waals surface area contributed by atoms with Crippen LogP contribution in [0.25, 0.3) is 0 Å². The van der Waals surface area contributed by atoms with E-state index in [1.54, 1.807) is 37.3 Å². The molecule has 1 N–H and O–H groups in total. The van der Waals surface area contributed by atoms with Crippen LogP contribution in [0.5, 0.6) is 5.75 Å². The topological polar surface area (TPSA) is 67.9 Å². The number of ether oxygens (including phenoxy) is 2. The van der Waals surface area contributed by atoms with E-state index in [-0.39, 0.29) is 18.2 Å². The second-order valence-electron chi connectivity index (χ2n) is 7.80. The summed E-state index contributed by atoms with van der Waals surface area (Å²) in [5.74, 6) is 0.391. The van der Waals surface area contributed by atoms with Crippen molar-refractivity contribution in [2.75, 3.05) is 32.3 Å². The molecule has 33 heavy (non-hydrogen) atoms. The van der Waals surface area contributed by atoms with Gasteiger partial charge in [0.15, 0.2) is 0 Å². The van der Waals surface area contributed by atoms with Crippen molar-refractivity contribution in [1.29, 1.82) is 0 Å². The number of amides is 2. The zero-order valence-corrected chi connectivity index (χ0v) is 19.3. The molecule has 3 aromatic rings. The van der Waals surface area contributed by atoms with Gasteiger partial charge in [-0.3, -0.25) is 9.59 Å². The molecule has 2 amide bonds. The molecule has 6 nitrogen and oxygen atoms in total. The molecule has 0 bridgehead atoms. The number of anilines is 1. The average molecular weight is 447 g/mol. The van der Waals surface area contributed by atoms with Crippen LogP contribution in [-0.4, -0.2) is 39.2 Å². The quantitative estimate of drug-likeness (QED) is 0.475. The van der Waals surface area contributed by atoms with Gasteiger partial charge in [0.05, 0.1) is 26.7 Å². The lowest BCUT2D eigenvalue weighted by Gasteiger charge is -2.24. The number of benzene rings is 3. The number of nitrogens with zero attached hydrogens (tertiary/aromatic N) is 1. The third kappa shape index (κ3) is 6.92. The van der Waals surface area contributed by atoms with E-state index >= 15 is 0 Å². The summed E-state index contributed by atoms with van der Waals surface area (Å²) in [6, 6.07) is 22.8. The highest BCUT2D eigenvalue weighted by Gasteiger charge is 2.19. The van der Waals surface area contributed by atoms with Crippen LogP contribution in [-0.2, 0) is 22.5 Å². The highest BCUT2D eigenvalue weighted by molar-refractivity contribution is 6.06. The Morgan fingerprint density at radius 1 is 0.909 bits per heavy atom. The molecule has 0 saturated carbocycles. The van der Waals surface area contributed by atoms with E-state index in [0.717, 1.165) is 22.4 Å². The summed E-state index contributed by atoms with van der Waals surface area (Å²) < 4.78 is 10.3. The van der Waals surface area contributed by atoms with Crippen LogP contribution in [0.3, 0.4) is 0 Å².